The minimum absolute atomic E-state index is 0.102. The summed E-state index contributed by atoms with van der Waals surface area (Å²) in [5.74, 6) is -0.500. The lowest BCUT2D eigenvalue weighted by molar-refractivity contribution is -0.156. The summed E-state index contributed by atoms with van der Waals surface area (Å²) >= 11 is 0. The van der Waals surface area contributed by atoms with Crippen LogP contribution in [-0.2, 0) is 9.53 Å². The van der Waals surface area contributed by atoms with Gasteiger partial charge in [-0.1, -0.05) is 0 Å². The number of aliphatic hydroxyl groups excluding tert-OH is 1. The van der Waals surface area contributed by atoms with Crippen molar-refractivity contribution in [1.82, 2.24) is 0 Å². The molecule has 0 radical (unpaired) electrons. The molecule has 3 heteroatoms. The fourth-order valence-electron chi connectivity index (χ4n) is 0.712. The number of ether oxygens (including phenoxy) is 1. The van der Waals surface area contributed by atoms with Gasteiger partial charge in [0.15, 0.2) is 0 Å². The largest absolute Gasteiger partial charge is 0.461 e. The molecule has 3 nitrogen and oxygen atoms in total. The molecule has 0 aliphatic heterocycles. The van der Waals surface area contributed by atoms with Crippen LogP contribution in [0.1, 0.15) is 19.3 Å². The highest BCUT2D eigenvalue weighted by molar-refractivity contribution is 5.70. The van der Waals surface area contributed by atoms with Crippen molar-refractivity contribution in [3.8, 4) is 0 Å². The van der Waals surface area contributed by atoms with Crippen LogP contribution in [0.25, 0.3) is 0 Å². The van der Waals surface area contributed by atoms with Gasteiger partial charge >= 0.3 is 5.97 Å². The average Bonchev–Trinajstić information content (AvgIpc) is 1.78. The third-order valence-corrected chi connectivity index (χ3v) is 1.48. The Bertz CT molecular complexity index is 107. The Kier molecular flexibility index (Phi) is 2.05. The molecule has 0 aromatic rings. The fraction of sp³-hybridized carbons (Fsp3) is 0.833. The Morgan fingerprint density at radius 2 is 2.33 bits per heavy atom. The summed E-state index contributed by atoms with van der Waals surface area (Å²) in [4.78, 5) is 10.3. The van der Waals surface area contributed by atoms with Crippen LogP contribution in [-0.4, -0.2) is 23.8 Å². The molecule has 0 amide bonds. The molecule has 1 saturated carbocycles. The fourth-order valence-corrected chi connectivity index (χ4v) is 0.712. The predicted molar refractivity (Wildman–Crippen MR) is 30.8 cm³/mol. The van der Waals surface area contributed by atoms with Crippen LogP contribution in [0, 0.1) is 0 Å². The summed E-state index contributed by atoms with van der Waals surface area (Å²) in [5, 5.41) is 8.23. The number of rotatable bonds is 2. The van der Waals surface area contributed by atoms with Gasteiger partial charge in [0.1, 0.15) is 12.7 Å². The molecule has 0 atom stereocenters. The van der Waals surface area contributed by atoms with Gasteiger partial charge < -0.3 is 9.84 Å². The van der Waals surface area contributed by atoms with E-state index in [2.05, 4.69) is 0 Å². The minimum Gasteiger partial charge on any atom is -0.461 e. The molecule has 9 heavy (non-hydrogen) atoms. The summed E-state index contributed by atoms with van der Waals surface area (Å²) < 4.78 is 4.75. The maximum Gasteiger partial charge on any atom is 0.332 e. The third-order valence-electron chi connectivity index (χ3n) is 1.48. The van der Waals surface area contributed by atoms with E-state index in [4.69, 9.17) is 9.84 Å². The lowest BCUT2D eigenvalue weighted by Gasteiger charge is -2.24. The van der Waals surface area contributed by atoms with Gasteiger partial charge in [0.05, 0.1) is 0 Å². The summed E-state index contributed by atoms with van der Waals surface area (Å²) in [7, 11) is 0. The number of carbonyl (C=O) groups excluding carboxylic acids is 1. The Hall–Kier alpha value is -0.570. The second-order valence-electron chi connectivity index (χ2n) is 2.20. The highest BCUT2D eigenvalue weighted by atomic mass is 16.6. The molecule has 1 aliphatic carbocycles. The number of aliphatic hydroxyl groups is 1. The summed E-state index contributed by atoms with van der Waals surface area (Å²) in [6, 6.07) is 0. The molecule has 0 heterocycles. The molecular weight excluding hydrogens is 120 g/mol. The molecule has 1 fully saturated rings. The van der Waals surface area contributed by atoms with E-state index in [1.807, 2.05) is 0 Å². The first-order chi connectivity index (χ1) is 4.33. The van der Waals surface area contributed by atoms with Gasteiger partial charge in [-0.2, -0.15) is 0 Å². The van der Waals surface area contributed by atoms with Crippen LogP contribution >= 0.6 is 0 Å². The Morgan fingerprint density at radius 3 is 2.67 bits per heavy atom. The zero-order valence-corrected chi connectivity index (χ0v) is 5.17. The van der Waals surface area contributed by atoms with E-state index < -0.39 is 12.6 Å². The normalized spacial score (nSPS) is 18.8. The third kappa shape index (κ3) is 1.68. The van der Waals surface area contributed by atoms with Gasteiger partial charge in [-0.25, -0.2) is 4.79 Å². The average molecular weight is 130 g/mol. The summed E-state index contributed by atoms with van der Waals surface area (Å²) in [6.07, 6.45) is 3.17. The number of carbonyl (C=O) groups is 1. The molecule has 1 rings (SSSR count). The van der Waals surface area contributed by atoms with Crippen molar-refractivity contribution in [1.29, 1.82) is 0 Å². The van der Waals surface area contributed by atoms with Crippen molar-refractivity contribution in [3.63, 3.8) is 0 Å². The van der Waals surface area contributed by atoms with Gasteiger partial charge in [0.2, 0.25) is 0 Å². The molecule has 0 aromatic carbocycles. The highest BCUT2D eigenvalue weighted by Crippen LogP contribution is 2.21. The molecule has 0 unspecified atom stereocenters. The van der Waals surface area contributed by atoms with Gasteiger partial charge in [-0.3, -0.25) is 0 Å². The lowest BCUT2D eigenvalue weighted by Crippen LogP contribution is -2.26. The first kappa shape index (κ1) is 6.55. The van der Waals surface area contributed by atoms with Crippen molar-refractivity contribution in [2.75, 3.05) is 6.61 Å². The maximum atomic E-state index is 10.3. The van der Waals surface area contributed by atoms with Gasteiger partial charge in [-0.05, 0) is 19.3 Å². The minimum atomic E-state index is -0.500. The van der Waals surface area contributed by atoms with Gasteiger partial charge in [0, 0.05) is 0 Å². The van der Waals surface area contributed by atoms with Crippen LogP contribution in [0.5, 0.6) is 0 Å². The van der Waals surface area contributed by atoms with Crippen molar-refractivity contribution < 1.29 is 14.6 Å². The van der Waals surface area contributed by atoms with E-state index in [1.54, 1.807) is 0 Å². The number of hydrogen-bond acceptors (Lipinski definition) is 3. The standard InChI is InChI=1S/C6H10O3/c7-4-6(8)9-5-2-1-3-5/h5,7H,1-4H2. The monoisotopic (exact) mass is 130 g/mol. The Morgan fingerprint density at radius 1 is 1.67 bits per heavy atom. The lowest BCUT2D eigenvalue weighted by atomic mass is 9.96. The van der Waals surface area contributed by atoms with E-state index in [-0.39, 0.29) is 6.10 Å². The number of hydrogen-bond donors (Lipinski definition) is 1. The van der Waals surface area contributed by atoms with Crippen LogP contribution in [0.2, 0.25) is 0 Å². The smallest absolute Gasteiger partial charge is 0.332 e. The van der Waals surface area contributed by atoms with E-state index in [0.717, 1.165) is 19.3 Å². The van der Waals surface area contributed by atoms with Crippen LogP contribution in [0.15, 0.2) is 0 Å². The molecule has 52 valence electrons. The van der Waals surface area contributed by atoms with Crippen molar-refractivity contribution in [2.24, 2.45) is 0 Å². The van der Waals surface area contributed by atoms with E-state index in [0.29, 0.717) is 0 Å². The molecule has 0 saturated heterocycles. The molecule has 0 aromatic heterocycles. The molecule has 0 spiro atoms. The van der Waals surface area contributed by atoms with E-state index in [9.17, 15) is 4.79 Å². The van der Waals surface area contributed by atoms with Crippen LogP contribution < -0.4 is 0 Å². The van der Waals surface area contributed by atoms with Gasteiger partial charge in [0.25, 0.3) is 0 Å². The first-order valence-corrected chi connectivity index (χ1v) is 3.13. The van der Waals surface area contributed by atoms with E-state index in [1.165, 1.54) is 0 Å². The molecular formula is C6H10O3. The summed E-state index contributed by atoms with van der Waals surface area (Å²) in [6.45, 7) is -0.490. The molecule has 1 aliphatic rings. The molecule has 0 bridgehead atoms. The zero-order valence-electron chi connectivity index (χ0n) is 5.17. The Balaban J connectivity index is 2.09. The highest BCUT2D eigenvalue weighted by Gasteiger charge is 2.20. The summed E-state index contributed by atoms with van der Waals surface area (Å²) in [5.41, 5.74) is 0. The SMILES string of the molecule is O=C(CO)OC1CCC1. The second kappa shape index (κ2) is 2.82. The van der Waals surface area contributed by atoms with Crippen molar-refractivity contribution in [3.05, 3.63) is 0 Å². The van der Waals surface area contributed by atoms with E-state index >= 15 is 0 Å². The van der Waals surface area contributed by atoms with Crippen molar-refractivity contribution in [2.45, 2.75) is 25.4 Å². The Labute approximate surface area is 53.6 Å². The van der Waals surface area contributed by atoms with Crippen molar-refractivity contribution >= 4 is 5.97 Å². The topological polar surface area (TPSA) is 46.5 Å². The van der Waals surface area contributed by atoms with Crippen LogP contribution in [0.4, 0.5) is 0 Å². The zero-order chi connectivity index (χ0) is 6.69. The predicted octanol–water partition coefficient (Wildman–Crippen LogP) is 0.0744. The quantitative estimate of drug-likeness (QED) is 0.538. The van der Waals surface area contributed by atoms with Crippen LogP contribution in [0.3, 0.4) is 0 Å². The van der Waals surface area contributed by atoms with Gasteiger partial charge in [-0.15, -0.1) is 0 Å². The second-order valence-corrected chi connectivity index (χ2v) is 2.20. The maximum absolute atomic E-state index is 10.3. The number of esters is 1. The first-order valence-electron chi connectivity index (χ1n) is 3.13. The molecule has 1 N–H and O–H groups in total.